The van der Waals surface area contributed by atoms with Crippen LogP contribution in [0.5, 0.6) is 11.5 Å². The molecule has 6 rings (SSSR count). The van der Waals surface area contributed by atoms with Crippen molar-refractivity contribution in [3.63, 3.8) is 0 Å². The molecule has 3 aliphatic rings. The molecule has 2 saturated carbocycles. The number of ketones is 2. The lowest BCUT2D eigenvalue weighted by Crippen LogP contribution is -2.73. The second-order valence-electron chi connectivity index (χ2n) is 13.0. The molecule has 3 aromatic carbocycles. The predicted octanol–water partition coefficient (Wildman–Crippen LogP) is 2.23. The molecule has 2 fully saturated rings. The highest BCUT2D eigenvalue weighted by Crippen LogP contribution is 2.53. The normalized spacial score (nSPS) is 26.6. The molecule has 0 heterocycles. The number of phenols is 1. The van der Waals surface area contributed by atoms with Crippen LogP contribution in [-0.4, -0.2) is 81.8 Å². The van der Waals surface area contributed by atoms with Crippen molar-refractivity contribution in [1.29, 1.82) is 0 Å². The summed E-state index contributed by atoms with van der Waals surface area (Å²) < 4.78 is 19.3. The molecule has 0 spiro atoms. The van der Waals surface area contributed by atoms with Crippen molar-refractivity contribution in [2.45, 2.75) is 43.7 Å². The van der Waals surface area contributed by atoms with E-state index >= 15 is 0 Å². The van der Waals surface area contributed by atoms with Crippen molar-refractivity contribution in [3.05, 3.63) is 88.2 Å². The van der Waals surface area contributed by atoms with Crippen LogP contribution in [0, 0.1) is 23.6 Å². The number of hydrogen-bond donors (Lipinski definition) is 6. The first-order valence-electron chi connectivity index (χ1n) is 15.7. The number of rotatable bonds is 8. The number of Topliss-reactive ketones (excluding diaryl/α,β-unsaturated/α-hetero) is 2. The Balaban J connectivity index is 1.41. The quantitative estimate of drug-likeness (QED) is 0.196. The third-order valence-corrected chi connectivity index (χ3v) is 10.1. The molecule has 11 nitrogen and oxygen atoms in total. The van der Waals surface area contributed by atoms with E-state index in [-0.39, 0.29) is 35.5 Å². The van der Waals surface area contributed by atoms with E-state index in [1.807, 2.05) is 18.2 Å². The van der Waals surface area contributed by atoms with Gasteiger partial charge in [-0.25, -0.2) is 4.39 Å². The van der Waals surface area contributed by atoms with Crippen molar-refractivity contribution >= 4 is 23.2 Å². The highest BCUT2D eigenvalue weighted by Gasteiger charge is 2.67. The molecule has 48 heavy (non-hydrogen) atoms. The van der Waals surface area contributed by atoms with Gasteiger partial charge in [0.1, 0.15) is 29.0 Å². The van der Waals surface area contributed by atoms with Crippen LogP contribution in [0.25, 0.3) is 16.9 Å². The van der Waals surface area contributed by atoms with E-state index in [2.05, 4.69) is 5.32 Å². The summed E-state index contributed by atoms with van der Waals surface area (Å²) in [5, 5.41) is 48.9. The maximum Gasteiger partial charge on any atom is 0.230 e. The molecule has 12 heteroatoms. The van der Waals surface area contributed by atoms with E-state index in [9.17, 15) is 39.2 Å². The number of nitrogens with one attached hydrogen (secondary N) is 1. The highest BCUT2D eigenvalue weighted by molar-refractivity contribution is 6.25. The van der Waals surface area contributed by atoms with Gasteiger partial charge in [0.2, 0.25) is 11.7 Å². The molecule has 0 aromatic heterocycles. The minimum Gasteiger partial charge on any atom is -0.507 e. The smallest absolute Gasteiger partial charge is 0.230 e. The Labute approximate surface area is 276 Å². The van der Waals surface area contributed by atoms with Gasteiger partial charge in [-0.05, 0) is 85.4 Å². The average Bonchev–Trinajstić information content (AvgIpc) is 3.02. The molecule has 0 aliphatic heterocycles. The molecule has 3 aliphatic carbocycles. The van der Waals surface area contributed by atoms with Crippen LogP contribution in [0.1, 0.15) is 28.7 Å². The van der Waals surface area contributed by atoms with Crippen LogP contribution in [0.2, 0.25) is 0 Å². The second-order valence-corrected chi connectivity index (χ2v) is 13.0. The molecule has 7 N–H and O–H groups in total. The number of nitrogens with two attached hydrogens (primary N) is 1. The standard InChI is InChI=1S/C36H38FN3O8/c1-40(2)30-24-14-19-13-23-21(22-12-18(7-10-26(22)48-3)16-39-15-17-5-4-6-20(37)11-17)8-9-25(41)28(23)31(42)27(19)33(44)36(24,47)34(45)29(32(30)43)35(38)46/h4-12,19,24,29-30,32,39,41-43,47H,13-16H2,1-3H3,(H2,38,46)/t19-,24-,29?,30-,32?,36-/m1/s1. The lowest BCUT2D eigenvalue weighted by Gasteiger charge is -2.53. The van der Waals surface area contributed by atoms with E-state index in [0.29, 0.717) is 35.5 Å². The van der Waals surface area contributed by atoms with Crippen molar-refractivity contribution in [1.82, 2.24) is 10.2 Å². The van der Waals surface area contributed by atoms with E-state index in [0.717, 1.165) is 11.1 Å². The first-order valence-corrected chi connectivity index (χ1v) is 15.7. The maximum atomic E-state index is 14.2. The zero-order chi connectivity index (χ0) is 34.7. The van der Waals surface area contributed by atoms with Gasteiger partial charge < -0.3 is 41.1 Å². The third kappa shape index (κ3) is 5.25. The number of aliphatic hydroxyl groups excluding tert-OH is 2. The summed E-state index contributed by atoms with van der Waals surface area (Å²) in [4.78, 5) is 41.6. The molecule has 1 amide bonds. The highest BCUT2D eigenvalue weighted by atomic mass is 19.1. The van der Waals surface area contributed by atoms with Crippen molar-refractivity contribution < 1.29 is 43.9 Å². The number of benzene rings is 3. The van der Waals surface area contributed by atoms with E-state index in [4.69, 9.17) is 10.5 Å². The fraction of sp³-hybridized carbons (Fsp3) is 0.361. The number of ether oxygens (including phenoxy) is 1. The Morgan fingerprint density at radius 1 is 1.06 bits per heavy atom. The molecule has 0 bridgehead atoms. The monoisotopic (exact) mass is 659 g/mol. The maximum absolute atomic E-state index is 14.2. The number of methoxy groups -OCH3 is 1. The third-order valence-electron chi connectivity index (χ3n) is 10.1. The van der Waals surface area contributed by atoms with Crippen molar-refractivity contribution in [3.8, 4) is 22.6 Å². The fourth-order valence-electron chi connectivity index (χ4n) is 7.93. The Bertz CT molecular complexity index is 1860. The molecule has 3 aromatic rings. The Hall–Kier alpha value is -4.62. The lowest BCUT2D eigenvalue weighted by atomic mass is 9.54. The molecule has 0 saturated heterocycles. The van der Waals surface area contributed by atoms with Crippen LogP contribution >= 0.6 is 0 Å². The zero-order valence-electron chi connectivity index (χ0n) is 26.7. The first kappa shape index (κ1) is 33.3. The Morgan fingerprint density at radius 3 is 2.42 bits per heavy atom. The number of aliphatic hydroxyl groups is 3. The molecular weight excluding hydrogens is 621 g/mol. The summed E-state index contributed by atoms with van der Waals surface area (Å²) >= 11 is 0. The molecule has 0 radical (unpaired) electrons. The van der Waals surface area contributed by atoms with E-state index in [1.54, 1.807) is 37.2 Å². The first-order chi connectivity index (χ1) is 22.8. The number of carbonyl (C=O) groups is 3. The minimum absolute atomic E-state index is 0.00841. The lowest BCUT2D eigenvalue weighted by molar-refractivity contribution is -0.184. The SMILES string of the molecule is COc1ccc(CNCc2cccc(F)c2)cc1-c1ccc(O)c2c1C[C@@H]1C[C@@H]3[C@@H](N(C)C)C(O)C(C(N)=O)C(=O)[C@]3(O)C(=O)C1=C2O. The number of hydrogen-bond acceptors (Lipinski definition) is 10. The molecule has 2 unspecified atom stereocenters. The number of aromatic hydroxyl groups is 1. The van der Waals surface area contributed by atoms with Crippen molar-refractivity contribution in [2.24, 2.45) is 23.5 Å². The average molecular weight is 660 g/mol. The largest absolute Gasteiger partial charge is 0.507 e. The number of likely N-dealkylation sites (N-methyl/N-ethyl adjacent to an activating group) is 1. The number of phenolic OH excluding ortho intramolecular Hbond substituents is 1. The summed E-state index contributed by atoms with van der Waals surface area (Å²) in [5.74, 6) is -7.78. The topological polar surface area (TPSA) is 183 Å². The van der Waals surface area contributed by atoms with Gasteiger partial charge in [0.05, 0.1) is 18.8 Å². The van der Waals surface area contributed by atoms with E-state index in [1.165, 1.54) is 25.3 Å². The number of halogens is 1. The van der Waals surface area contributed by atoms with Crippen LogP contribution in [0.3, 0.4) is 0 Å². The van der Waals surface area contributed by atoms with Crippen LogP contribution in [0.15, 0.2) is 60.2 Å². The van der Waals surface area contributed by atoms with Gasteiger partial charge in [-0.15, -0.1) is 0 Å². The molecular formula is C36H38FN3O8. The van der Waals surface area contributed by atoms with Gasteiger partial charge in [0.15, 0.2) is 11.4 Å². The minimum atomic E-state index is -2.73. The Kier molecular flexibility index (Phi) is 8.63. The number of amides is 1. The summed E-state index contributed by atoms with van der Waals surface area (Å²) in [6.45, 7) is 0.874. The van der Waals surface area contributed by atoms with Gasteiger partial charge in [-0.3, -0.25) is 14.4 Å². The van der Waals surface area contributed by atoms with Gasteiger partial charge in [-0.1, -0.05) is 24.3 Å². The summed E-state index contributed by atoms with van der Waals surface area (Å²) in [6.07, 6.45) is -1.42. The summed E-state index contributed by atoms with van der Waals surface area (Å²) in [7, 11) is 4.73. The Morgan fingerprint density at radius 2 is 1.77 bits per heavy atom. The summed E-state index contributed by atoms with van der Waals surface area (Å²) in [5.41, 5.74) is 5.99. The van der Waals surface area contributed by atoms with Crippen LogP contribution < -0.4 is 15.8 Å². The van der Waals surface area contributed by atoms with Gasteiger partial charge in [-0.2, -0.15) is 0 Å². The second kappa shape index (κ2) is 12.4. The van der Waals surface area contributed by atoms with Gasteiger partial charge >= 0.3 is 0 Å². The predicted molar refractivity (Wildman–Crippen MR) is 173 cm³/mol. The van der Waals surface area contributed by atoms with Gasteiger partial charge in [0, 0.05) is 36.2 Å². The fourth-order valence-corrected chi connectivity index (χ4v) is 7.93. The number of primary amides is 1. The number of nitrogens with zero attached hydrogens (tertiary/aromatic N) is 1. The van der Waals surface area contributed by atoms with E-state index < -0.39 is 58.7 Å². The molecule has 252 valence electrons. The van der Waals surface area contributed by atoms with Gasteiger partial charge in [0.25, 0.3) is 0 Å². The van der Waals surface area contributed by atoms with Crippen LogP contribution in [-0.2, 0) is 33.9 Å². The number of fused-ring (bicyclic) bond motifs is 3. The van der Waals surface area contributed by atoms with Crippen molar-refractivity contribution in [2.75, 3.05) is 21.2 Å². The molecule has 6 atom stereocenters. The zero-order valence-corrected chi connectivity index (χ0v) is 26.7. The summed E-state index contributed by atoms with van der Waals surface area (Å²) in [6, 6.07) is 14.0. The number of carbonyl (C=O) groups excluding carboxylic acids is 3. The van der Waals surface area contributed by atoms with Crippen LogP contribution in [0.4, 0.5) is 4.39 Å².